The van der Waals surface area contributed by atoms with Gasteiger partial charge in [0, 0.05) is 13.1 Å². The Balaban J connectivity index is 0.00000220. The molecule has 1 amide bonds. The van der Waals surface area contributed by atoms with Crippen LogP contribution < -0.4 is 11.1 Å². The van der Waals surface area contributed by atoms with Gasteiger partial charge in [0.05, 0.1) is 19.3 Å². The van der Waals surface area contributed by atoms with E-state index in [9.17, 15) is 4.79 Å². The van der Waals surface area contributed by atoms with Crippen molar-refractivity contribution < 1.29 is 14.3 Å². The number of carbonyl (C=O) groups excluding carboxylic acids is 1. The van der Waals surface area contributed by atoms with Gasteiger partial charge in [0.15, 0.2) is 0 Å². The quantitative estimate of drug-likeness (QED) is 0.743. The monoisotopic (exact) mass is 314 g/mol. The van der Waals surface area contributed by atoms with E-state index >= 15 is 0 Å². The van der Waals surface area contributed by atoms with Crippen LogP contribution in [-0.4, -0.2) is 37.8 Å². The zero-order valence-electron chi connectivity index (χ0n) is 12.0. The first-order valence-electron chi connectivity index (χ1n) is 7.04. The molecule has 0 aliphatic carbocycles. The highest BCUT2D eigenvalue weighted by atomic mass is 35.5. The van der Waals surface area contributed by atoms with E-state index in [-0.39, 0.29) is 30.5 Å². The average molecular weight is 315 g/mol. The number of nitrogens with two attached hydrogens (primary N) is 1. The first-order chi connectivity index (χ1) is 9.79. The molecule has 1 saturated heterocycles. The van der Waals surface area contributed by atoms with Crippen LogP contribution >= 0.6 is 12.4 Å². The van der Waals surface area contributed by atoms with Crippen LogP contribution in [0.4, 0.5) is 0 Å². The van der Waals surface area contributed by atoms with Crippen molar-refractivity contribution in [3.05, 3.63) is 35.9 Å². The second kappa shape index (κ2) is 9.73. The van der Waals surface area contributed by atoms with Gasteiger partial charge < -0.3 is 20.5 Å². The van der Waals surface area contributed by atoms with Gasteiger partial charge in [-0.25, -0.2) is 0 Å². The molecule has 1 aromatic rings. The van der Waals surface area contributed by atoms with Gasteiger partial charge >= 0.3 is 0 Å². The number of nitrogens with one attached hydrogen (secondary N) is 1. The van der Waals surface area contributed by atoms with Crippen LogP contribution in [0.15, 0.2) is 30.3 Å². The van der Waals surface area contributed by atoms with Gasteiger partial charge in [-0.2, -0.15) is 0 Å². The summed E-state index contributed by atoms with van der Waals surface area (Å²) in [5.74, 6) is -0.0655. The Bertz CT molecular complexity index is 417. The normalized spacial score (nSPS) is 20.8. The summed E-state index contributed by atoms with van der Waals surface area (Å²) < 4.78 is 11.0. The molecule has 0 unspecified atom stereocenters. The Labute approximate surface area is 131 Å². The van der Waals surface area contributed by atoms with Crippen LogP contribution in [0.25, 0.3) is 0 Å². The van der Waals surface area contributed by atoms with Gasteiger partial charge in [-0.15, -0.1) is 12.4 Å². The zero-order chi connectivity index (χ0) is 14.2. The number of rotatable bonds is 7. The van der Waals surface area contributed by atoms with E-state index < -0.39 is 0 Å². The Morgan fingerprint density at radius 3 is 2.76 bits per heavy atom. The lowest BCUT2D eigenvalue weighted by Gasteiger charge is -2.12. The maximum atomic E-state index is 11.8. The first-order valence-corrected chi connectivity index (χ1v) is 7.04. The minimum atomic E-state index is -0.349. The van der Waals surface area contributed by atoms with E-state index in [0.717, 1.165) is 18.4 Å². The third kappa shape index (κ3) is 6.01. The van der Waals surface area contributed by atoms with Crippen molar-refractivity contribution in [2.24, 2.45) is 5.73 Å². The molecule has 2 rings (SSSR count). The second-order valence-electron chi connectivity index (χ2n) is 4.89. The van der Waals surface area contributed by atoms with Crippen LogP contribution in [0.5, 0.6) is 0 Å². The van der Waals surface area contributed by atoms with Crippen molar-refractivity contribution in [2.75, 3.05) is 19.7 Å². The highest BCUT2D eigenvalue weighted by molar-refractivity contribution is 5.85. The van der Waals surface area contributed by atoms with E-state index in [4.69, 9.17) is 15.2 Å². The lowest BCUT2D eigenvalue weighted by molar-refractivity contribution is -0.132. The lowest BCUT2D eigenvalue weighted by Crippen LogP contribution is -2.37. The molecule has 1 aromatic carbocycles. The SMILES string of the molecule is Cl.NC[C@H]1CC[C@@H](C(=O)NCCOCc2ccccc2)O1. The lowest BCUT2D eigenvalue weighted by atomic mass is 10.2. The molecular formula is C15H23ClN2O3. The van der Waals surface area contributed by atoms with Crippen molar-refractivity contribution in [3.63, 3.8) is 0 Å². The fourth-order valence-electron chi connectivity index (χ4n) is 2.20. The van der Waals surface area contributed by atoms with Crippen LogP contribution in [0.2, 0.25) is 0 Å². The van der Waals surface area contributed by atoms with Crippen LogP contribution in [0.1, 0.15) is 18.4 Å². The zero-order valence-corrected chi connectivity index (χ0v) is 12.8. The van der Waals surface area contributed by atoms with Gasteiger partial charge in [0.25, 0.3) is 0 Å². The van der Waals surface area contributed by atoms with E-state index in [0.29, 0.717) is 26.3 Å². The molecule has 0 spiro atoms. The number of hydrogen-bond donors (Lipinski definition) is 2. The van der Waals surface area contributed by atoms with Crippen molar-refractivity contribution >= 4 is 18.3 Å². The van der Waals surface area contributed by atoms with Gasteiger partial charge in [0.1, 0.15) is 6.10 Å². The molecular weight excluding hydrogens is 292 g/mol. The van der Waals surface area contributed by atoms with Crippen molar-refractivity contribution in [1.82, 2.24) is 5.32 Å². The summed E-state index contributed by atoms with van der Waals surface area (Å²) in [7, 11) is 0. The molecule has 2 atom stereocenters. The van der Waals surface area contributed by atoms with Gasteiger partial charge in [-0.3, -0.25) is 4.79 Å². The van der Waals surface area contributed by atoms with Crippen molar-refractivity contribution in [1.29, 1.82) is 0 Å². The van der Waals surface area contributed by atoms with Crippen LogP contribution in [0.3, 0.4) is 0 Å². The molecule has 1 aliphatic heterocycles. The third-order valence-corrected chi connectivity index (χ3v) is 3.32. The largest absolute Gasteiger partial charge is 0.375 e. The third-order valence-electron chi connectivity index (χ3n) is 3.32. The van der Waals surface area contributed by atoms with Crippen molar-refractivity contribution in [3.8, 4) is 0 Å². The molecule has 0 aromatic heterocycles. The smallest absolute Gasteiger partial charge is 0.249 e. The highest BCUT2D eigenvalue weighted by Gasteiger charge is 2.29. The summed E-state index contributed by atoms with van der Waals surface area (Å²) in [6, 6.07) is 9.95. The second-order valence-corrected chi connectivity index (χ2v) is 4.89. The topological polar surface area (TPSA) is 73.6 Å². The standard InChI is InChI=1S/C15H22N2O3.ClH/c16-10-13-6-7-14(20-13)15(18)17-8-9-19-11-12-4-2-1-3-5-12;/h1-5,13-14H,6-11,16H2,(H,17,18);1H/t13-,14+;/m1./s1. The molecule has 3 N–H and O–H groups in total. The minimum Gasteiger partial charge on any atom is -0.375 e. The van der Waals surface area contributed by atoms with E-state index in [1.165, 1.54) is 0 Å². The summed E-state index contributed by atoms with van der Waals surface area (Å²) in [5, 5.41) is 2.83. The fraction of sp³-hybridized carbons (Fsp3) is 0.533. The summed E-state index contributed by atoms with van der Waals surface area (Å²) >= 11 is 0. The summed E-state index contributed by atoms with van der Waals surface area (Å²) in [4.78, 5) is 11.8. The fourth-order valence-corrected chi connectivity index (χ4v) is 2.20. The summed E-state index contributed by atoms with van der Waals surface area (Å²) in [6.07, 6.45) is 1.29. The predicted molar refractivity (Wildman–Crippen MR) is 83.3 cm³/mol. The highest BCUT2D eigenvalue weighted by Crippen LogP contribution is 2.18. The number of hydrogen-bond acceptors (Lipinski definition) is 4. The average Bonchev–Trinajstić information content (AvgIpc) is 2.97. The van der Waals surface area contributed by atoms with E-state index in [2.05, 4.69) is 5.32 Å². The molecule has 5 nitrogen and oxygen atoms in total. The predicted octanol–water partition coefficient (Wildman–Crippen LogP) is 1.25. The Morgan fingerprint density at radius 2 is 2.10 bits per heavy atom. The van der Waals surface area contributed by atoms with Crippen LogP contribution in [-0.2, 0) is 20.9 Å². The number of carbonyl (C=O) groups is 1. The molecule has 0 bridgehead atoms. The Kier molecular flexibility index (Phi) is 8.30. The van der Waals surface area contributed by atoms with Gasteiger partial charge in [-0.1, -0.05) is 30.3 Å². The van der Waals surface area contributed by atoms with Crippen molar-refractivity contribution in [2.45, 2.75) is 31.7 Å². The molecule has 1 heterocycles. The first kappa shape index (κ1) is 17.9. The van der Waals surface area contributed by atoms with Gasteiger partial charge in [0.2, 0.25) is 5.91 Å². The number of ether oxygens (including phenoxy) is 2. The minimum absolute atomic E-state index is 0. The molecule has 21 heavy (non-hydrogen) atoms. The Hall–Kier alpha value is -1.14. The maximum Gasteiger partial charge on any atom is 0.249 e. The van der Waals surface area contributed by atoms with E-state index in [1.807, 2.05) is 30.3 Å². The Morgan fingerprint density at radius 1 is 1.33 bits per heavy atom. The molecule has 0 saturated carbocycles. The number of benzene rings is 1. The molecule has 1 fully saturated rings. The number of halogens is 1. The molecule has 6 heteroatoms. The summed E-state index contributed by atoms with van der Waals surface area (Å²) in [5.41, 5.74) is 6.64. The number of amides is 1. The molecule has 118 valence electrons. The molecule has 0 radical (unpaired) electrons. The maximum absolute atomic E-state index is 11.8. The van der Waals surface area contributed by atoms with Gasteiger partial charge in [-0.05, 0) is 18.4 Å². The summed E-state index contributed by atoms with van der Waals surface area (Å²) in [6.45, 7) is 2.03. The molecule has 1 aliphatic rings. The van der Waals surface area contributed by atoms with E-state index in [1.54, 1.807) is 0 Å². The van der Waals surface area contributed by atoms with Crippen LogP contribution in [0, 0.1) is 0 Å².